The van der Waals surface area contributed by atoms with Gasteiger partial charge in [0.2, 0.25) is 10.0 Å². The van der Waals surface area contributed by atoms with Gasteiger partial charge >= 0.3 is 6.03 Å². The summed E-state index contributed by atoms with van der Waals surface area (Å²) in [4.78, 5) is 13.9. The highest BCUT2D eigenvalue weighted by Gasteiger charge is 2.29. The zero-order chi connectivity index (χ0) is 18.6. The van der Waals surface area contributed by atoms with Crippen molar-refractivity contribution in [2.45, 2.75) is 5.75 Å². The molecule has 0 bridgehead atoms. The number of hydrogen-bond acceptors (Lipinski definition) is 3. The summed E-state index contributed by atoms with van der Waals surface area (Å²) in [7, 11) is -3.39. The summed E-state index contributed by atoms with van der Waals surface area (Å²) in [6.07, 6.45) is 0. The lowest BCUT2D eigenvalue weighted by molar-refractivity contribution is 0.184. The summed E-state index contributed by atoms with van der Waals surface area (Å²) in [5.41, 5.74) is 1.37. The number of amides is 2. The van der Waals surface area contributed by atoms with Gasteiger partial charge in [0, 0.05) is 36.9 Å². The minimum Gasteiger partial charge on any atom is -0.322 e. The summed E-state index contributed by atoms with van der Waals surface area (Å²) >= 11 is 5.91. The molecule has 6 nitrogen and oxygen atoms in total. The Labute approximate surface area is 158 Å². The molecule has 8 heteroatoms. The van der Waals surface area contributed by atoms with Crippen molar-refractivity contribution in [1.29, 1.82) is 0 Å². The second kappa shape index (κ2) is 8.07. The van der Waals surface area contributed by atoms with E-state index in [9.17, 15) is 13.2 Å². The highest BCUT2D eigenvalue weighted by molar-refractivity contribution is 7.88. The molecule has 2 amide bonds. The van der Waals surface area contributed by atoms with E-state index in [1.165, 1.54) is 4.31 Å². The zero-order valence-electron chi connectivity index (χ0n) is 14.1. The molecule has 1 aliphatic rings. The number of anilines is 1. The fourth-order valence-corrected chi connectivity index (χ4v) is 4.52. The molecule has 0 aliphatic carbocycles. The maximum absolute atomic E-state index is 12.6. The molecule has 2 aromatic rings. The van der Waals surface area contributed by atoms with Gasteiger partial charge in [0.05, 0.1) is 5.75 Å². The van der Waals surface area contributed by atoms with E-state index in [1.807, 2.05) is 18.2 Å². The minimum atomic E-state index is -3.39. The van der Waals surface area contributed by atoms with E-state index >= 15 is 0 Å². The van der Waals surface area contributed by atoms with E-state index < -0.39 is 10.0 Å². The number of hydrogen-bond donors (Lipinski definition) is 1. The molecule has 2 aromatic carbocycles. The number of benzene rings is 2. The molecule has 3 rings (SSSR count). The third-order valence-corrected chi connectivity index (χ3v) is 6.27. The first-order valence-electron chi connectivity index (χ1n) is 8.27. The van der Waals surface area contributed by atoms with Crippen molar-refractivity contribution >= 4 is 33.3 Å². The van der Waals surface area contributed by atoms with E-state index in [4.69, 9.17) is 11.6 Å². The second-order valence-electron chi connectivity index (χ2n) is 6.07. The van der Waals surface area contributed by atoms with Crippen LogP contribution in [-0.4, -0.2) is 49.8 Å². The topological polar surface area (TPSA) is 69.7 Å². The van der Waals surface area contributed by atoms with Crippen molar-refractivity contribution in [2.24, 2.45) is 0 Å². The van der Waals surface area contributed by atoms with Crippen LogP contribution in [0.25, 0.3) is 0 Å². The number of rotatable bonds is 4. The van der Waals surface area contributed by atoms with Gasteiger partial charge in [-0.25, -0.2) is 13.2 Å². The number of nitrogens with one attached hydrogen (secondary N) is 1. The standard InChI is InChI=1S/C18H20ClN3O3S/c19-16-7-4-8-17(13-16)20-18(23)21-9-11-22(12-10-21)26(24,25)14-15-5-2-1-3-6-15/h1-8,13H,9-12,14H2,(H,20,23). The predicted molar refractivity (Wildman–Crippen MR) is 103 cm³/mol. The fraction of sp³-hybridized carbons (Fsp3) is 0.278. The molecule has 138 valence electrons. The molecule has 1 aliphatic heterocycles. The van der Waals surface area contributed by atoms with Crippen molar-refractivity contribution in [2.75, 3.05) is 31.5 Å². The van der Waals surface area contributed by atoms with Gasteiger partial charge in [-0.15, -0.1) is 0 Å². The molecular weight excluding hydrogens is 374 g/mol. The van der Waals surface area contributed by atoms with E-state index in [0.717, 1.165) is 5.56 Å². The normalized spacial score (nSPS) is 15.7. The lowest BCUT2D eigenvalue weighted by atomic mass is 10.2. The number of carbonyl (C=O) groups is 1. The van der Waals surface area contributed by atoms with Crippen molar-refractivity contribution in [3.63, 3.8) is 0 Å². The van der Waals surface area contributed by atoms with Gasteiger partial charge in [-0.05, 0) is 23.8 Å². The van der Waals surface area contributed by atoms with Gasteiger partial charge in [-0.1, -0.05) is 48.0 Å². The number of sulfonamides is 1. The number of nitrogens with zero attached hydrogens (tertiary/aromatic N) is 2. The highest BCUT2D eigenvalue weighted by atomic mass is 35.5. The van der Waals surface area contributed by atoms with Gasteiger partial charge in [0.25, 0.3) is 0 Å². The quantitative estimate of drug-likeness (QED) is 0.868. The fourth-order valence-electron chi connectivity index (χ4n) is 2.81. The first-order valence-corrected chi connectivity index (χ1v) is 10.3. The van der Waals surface area contributed by atoms with Crippen LogP contribution in [0.3, 0.4) is 0 Å². The van der Waals surface area contributed by atoms with Crippen LogP contribution in [0.5, 0.6) is 0 Å². The van der Waals surface area contributed by atoms with Crippen molar-refractivity contribution in [3.05, 3.63) is 65.2 Å². The lowest BCUT2D eigenvalue weighted by Crippen LogP contribution is -2.51. The third-order valence-electron chi connectivity index (χ3n) is 4.19. The maximum atomic E-state index is 12.6. The first kappa shape index (κ1) is 18.7. The second-order valence-corrected chi connectivity index (χ2v) is 8.47. The van der Waals surface area contributed by atoms with E-state index in [-0.39, 0.29) is 24.9 Å². The molecule has 0 spiro atoms. The van der Waals surface area contributed by atoms with Crippen LogP contribution >= 0.6 is 11.6 Å². The summed E-state index contributed by atoms with van der Waals surface area (Å²) in [6.45, 7) is 1.27. The molecule has 1 N–H and O–H groups in total. The number of carbonyl (C=O) groups excluding carboxylic acids is 1. The first-order chi connectivity index (χ1) is 12.4. The average Bonchev–Trinajstić information content (AvgIpc) is 2.62. The van der Waals surface area contributed by atoms with E-state index in [2.05, 4.69) is 5.32 Å². The maximum Gasteiger partial charge on any atom is 0.321 e. The molecule has 1 fully saturated rings. The summed E-state index contributed by atoms with van der Waals surface area (Å²) in [5, 5.41) is 3.32. The summed E-state index contributed by atoms with van der Waals surface area (Å²) in [6, 6.07) is 15.7. The van der Waals surface area contributed by atoms with Gasteiger partial charge in [0.1, 0.15) is 0 Å². The Kier molecular flexibility index (Phi) is 5.80. The van der Waals surface area contributed by atoms with Gasteiger partial charge < -0.3 is 10.2 Å². The molecule has 26 heavy (non-hydrogen) atoms. The smallest absolute Gasteiger partial charge is 0.321 e. The highest BCUT2D eigenvalue weighted by Crippen LogP contribution is 2.17. The van der Waals surface area contributed by atoms with Crippen LogP contribution in [0.15, 0.2) is 54.6 Å². The monoisotopic (exact) mass is 393 g/mol. The van der Waals surface area contributed by atoms with E-state index in [1.54, 1.807) is 41.3 Å². The largest absolute Gasteiger partial charge is 0.322 e. The molecule has 0 aromatic heterocycles. The van der Waals surface area contributed by atoms with Gasteiger partial charge in [-0.3, -0.25) is 0 Å². The Morgan fingerprint density at radius 1 is 1.00 bits per heavy atom. The number of urea groups is 1. The number of halogens is 1. The van der Waals surface area contributed by atoms with Crippen molar-refractivity contribution in [1.82, 2.24) is 9.21 Å². The van der Waals surface area contributed by atoms with Crippen molar-refractivity contribution < 1.29 is 13.2 Å². The molecule has 0 atom stereocenters. The molecule has 0 radical (unpaired) electrons. The Bertz CT molecular complexity index is 866. The van der Waals surface area contributed by atoms with Gasteiger partial charge in [0.15, 0.2) is 0 Å². The molecule has 0 saturated carbocycles. The Morgan fingerprint density at radius 2 is 1.69 bits per heavy atom. The molecule has 0 unspecified atom stereocenters. The lowest BCUT2D eigenvalue weighted by Gasteiger charge is -2.34. The zero-order valence-corrected chi connectivity index (χ0v) is 15.7. The Hall–Kier alpha value is -2.09. The minimum absolute atomic E-state index is 0.0252. The van der Waals surface area contributed by atoms with Crippen LogP contribution in [0.2, 0.25) is 5.02 Å². The van der Waals surface area contributed by atoms with Crippen LogP contribution in [0.1, 0.15) is 5.56 Å². The SMILES string of the molecule is O=C(Nc1cccc(Cl)c1)N1CCN(S(=O)(=O)Cc2ccccc2)CC1. The molecular formula is C18H20ClN3O3S. The average molecular weight is 394 g/mol. The van der Waals surface area contributed by atoms with Crippen LogP contribution in [0.4, 0.5) is 10.5 Å². The van der Waals surface area contributed by atoms with E-state index in [0.29, 0.717) is 23.8 Å². The summed E-state index contributed by atoms with van der Waals surface area (Å²) < 4.78 is 26.6. The molecule has 1 heterocycles. The van der Waals surface area contributed by atoms with Crippen LogP contribution in [0, 0.1) is 0 Å². The van der Waals surface area contributed by atoms with Crippen LogP contribution in [-0.2, 0) is 15.8 Å². The van der Waals surface area contributed by atoms with Crippen LogP contribution < -0.4 is 5.32 Å². The third kappa shape index (κ3) is 4.75. The summed E-state index contributed by atoms with van der Waals surface area (Å²) in [5.74, 6) is -0.0252. The van der Waals surface area contributed by atoms with Crippen molar-refractivity contribution in [3.8, 4) is 0 Å². The Balaban J connectivity index is 1.55. The Morgan fingerprint density at radius 3 is 2.35 bits per heavy atom. The number of piperazine rings is 1. The predicted octanol–water partition coefficient (Wildman–Crippen LogP) is 3.02. The van der Waals surface area contributed by atoms with Gasteiger partial charge in [-0.2, -0.15) is 4.31 Å². The molecule has 1 saturated heterocycles.